The van der Waals surface area contributed by atoms with Gasteiger partial charge in [-0.2, -0.15) is 8.42 Å². The molecule has 0 spiro atoms. The van der Waals surface area contributed by atoms with Crippen molar-refractivity contribution in [3.05, 3.63) is 0 Å². The van der Waals surface area contributed by atoms with Gasteiger partial charge in [-0.05, 0) is 13.8 Å². The van der Waals surface area contributed by atoms with Crippen LogP contribution in [-0.2, 0) is 19.7 Å². The molecule has 6 heteroatoms. The summed E-state index contributed by atoms with van der Waals surface area (Å²) in [5.41, 5.74) is -0.406. The van der Waals surface area contributed by atoms with Gasteiger partial charge in [-0.15, -0.1) is 3.89 Å². The maximum absolute atomic E-state index is 12.2. The molecule has 0 saturated carbocycles. The first-order chi connectivity index (χ1) is 5.79. The Bertz CT molecular complexity index is 262. The summed E-state index contributed by atoms with van der Waals surface area (Å²) in [4.78, 5) is 0. The van der Waals surface area contributed by atoms with E-state index in [1.165, 1.54) is 0 Å². The third kappa shape index (κ3) is 4.02. The number of ether oxygens (including phenoxy) is 2. The van der Waals surface area contributed by atoms with Crippen LogP contribution in [-0.4, -0.2) is 39.1 Å². The standard InChI is InChI=1S/C7H13FO4S/c1-7(2)5-11-6(3-12-7)4-13(8,9)10/h6H,3-5H2,1-2H3. The molecule has 0 aromatic carbocycles. The van der Waals surface area contributed by atoms with Crippen LogP contribution in [0.2, 0.25) is 0 Å². The van der Waals surface area contributed by atoms with Crippen molar-refractivity contribution in [1.82, 2.24) is 0 Å². The normalized spacial score (nSPS) is 28.7. The molecule has 4 nitrogen and oxygen atoms in total. The van der Waals surface area contributed by atoms with E-state index < -0.39 is 27.7 Å². The number of hydrogen-bond donors (Lipinski definition) is 0. The molecule has 0 amide bonds. The zero-order valence-electron chi connectivity index (χ0n) is 7.62. The monoisotopic (exact) mass is 212 g/mol. The first-order valence-corrected chi connectivity index (χ1v) is 5.52. The van der Waals surface area contributed by atoms with Crippen LogP contribution in [0.3, 0.4) is 0 Å². The van der Waals surface area contributed by atoms with Crippen molar-refractivity contribution >= 4 is 10.2 Å². The SMILES string of the molecule is CC1(C)COC(CS(=O)(=O)F)CO1. The minimum atomic E-state index is -4.47. The highest BCUT2D eigenvalue weighted by atomic mass is 32.3. The highest BCUT2D eigenvalue weighted by Crippen LogP contribution is 2.18. The summed E-state index contributed by atoms with van der Waals surface area (Å²) in [5.74, 6) is -0.622. The van der Waals surface area contributed by atoms with Crippen molar-refractivity contribution in [2.45, 2.75) is 25.6 Å². The van der Waals surface area contributed by atoms with Crippen LogP contribution < -0.4 is 0 Å². The number of rotatable bonds is 2. The topological polar surface area (TPSA) is 52.6 Å². The largest absolute Gasteiger partial charge is 0.372 e. The van der Waals surface area contributed by atoms with E-state index in [0.29, 0.717) is 0 Å². The highest BCUT2D eigenvalue weighted by Gasteiger charge is 2.30. The molecule has 1 fully saturated rings. The average molecular weight is 212 g/mol. The quantitative estimate of drug-likeness (QED) is 0.625. The summed E-state index contributed by atoms with van der Waals surface area (Å²) in [7, 11) is -4.47. The van der Waals surface area contributed by atoms with E-state index in [9.17, 15) is 12.3 Å². The Kier molecular flexibility index (Phi) is 2.94. The second kappa shape index (κ2) is 3.51. The number of halogens is 1. The van der Waals surface area contributed by atoms with Crippen molar-refractivity contribution < 1.29 is 21.8 Å². The second-order valence-corrected chi connectivity index (χ2v) is 5.12. The van der Waals surface area contributed by atoms with Crippen LogP contribution in [0.1, 0.15) is 13.8 Å². The van der Waals surface area contributed by atoms with Crippen molar-refractivity contribution in [2.75, 3.05) is 19.0 Å². The molecule has 1 rings (SSSR count). The summed E-state index contributed by atoms with van der Waals surface area (Å²) in [5, 5.41) is 0. The lowest BCUT2D eigenvalue weighted by atomic mass is 10.1. The Balaban J connectivity index is 2.43. The second-order valence-electron chi connectivity index (χ2n) is 3.71. The van der Waals surface area contributed by atoms with Crippen LogP contribution in [0.5, 0.6) is 0 Å². The van der Waals surface area contributed by atoms with Crippen LogP contribution in [0.15, 0.2) is 0 Å². The molecule has 13 heavy (non-hydrogen) atoms. The number of hydrogen-bond acceptors (Lipinski definition) is 4. The Morgan fingerprint density at radius 1 is 1.54 bits per heavy atom. The van der Waals surface area contributed by atoms with Gasteiger partial charge in [0.2, 0.25) is 0 Å². The molecule has 0 aromatic rings. The van der Waals surface area contributed by atoms with E-state index in [-0.39, 0.29) is 13.2 Å². The molecule has 0 aliphatic carbocycles. The zero-order chi connectivity index (χ0) is 10.1. The van der Waals surface area contributed by atoms with Gasteiger partial charge in [0.05, 0.1) is 24.9 Å². The van der Waals surface area contributed by atoms with E-state index in [1.807, 2.05) is 13.8 Å². The molecule has 1 heterocycles. The van der Waals surface area contributed by atoms with Gasteiger partial charge in [0.15, 0.2) is 0 Å². The van der Waals surface area contributed by atoms with E-state index in [1.54, 1.807) is 0 Å². The molecule has 0 N–H and O–H groups in total. The molecular formula is C7H13FO4S. The molecule has 1 aliphatic heterocycles. The van der Waals surface area contributed by atoms with E-state index >= 15 is 0 Å². The van der Waals surface area contributed by atoms with Crippen molar-refractivity contribution in [3.8, 4) is 0 Å². The smallest absolute Gasteiger partial charge is 0.305 e. The molecule has 1 saturated heterocycles. The van der Waals surface area contributed by atoms with Gasteiger partial charge in [0.1, 0.15) is 5.75 Å². The van der Waals surface area contributed by atoms with Crippen molar-refractivity contribution in [1.29, 1.82) is 0 Å². The Morgan fingerprint density at radius 3 is 2.54 bits per heavy atom. The van der Waals surface area contributed by atoms with Crippen LogP contribution >= 0.6 is 0 Å². The lowest BCUT2D eigenvalue weighted by Gasteiger charge is -2.34. The summed E-state index contributed by atoms with van der Waals surface area (Å²) in [6.45, 7) is 4.06. The van der Waals surface area contributed by atoms with Crippen LogP contribution in [0.4, 0.5) is 3.89 Å². The predicted molar refractivity (Wildman–Crippen MR) is 44.7 cm³/mol. The summed E-state index contributed by atoms with van der Waals surface area (Å²) in [6, 6.07) is 0. The van der Waals surface area contributed by atoms with Crippen molar-refractivity contribution in [3.63, 3.8) is 0 Å². The molecule has 0 aromatic heterocycles. The average Bonchev–Trinajstić information content (AvgIpc) is 1.91. The fraction of sp³-hybridized carbons (Fsp3) is 1.00. The minimum Gasteiger partial charge on any atom is -0.372 e. The molecular weight excluding hydrogens is 199 g/mol. The van der Waals surface area contributed by atoms with Gasteiger partial charge in [-0.1, -0.05) is 0 Å². The zero-order valence-corrected chi connectivity index (χ0v) is 8.43. The van der Waals surface area contributed by atoms with Gasteiger partial charge >= 0.3 is 10.2 Å². The Labute approximate surface area is 77.2 Å². The first kappa shape index (κ1) is 10.9. The summed E-state index contributed by atoms with van der Waals surface area (Å²) >= 11 is 0. The fourth-order valence-corrected chi connectivity index (χ4v) is 1.68. The summed E-state index contributed by atoms with van der Waals surface area (Å²) < 4.78 is 43.1. The van der Waals surface area contributed by atoms with Crippen molar-refractivity contribution in [2.24, 2.45) is 0 Å². The predicted octanol–water partition coefficient (Wildman–Crippen LogP) is 0.480. The fourth-order valence-electron chi connectivity index (χ4n) is 1.05. The molecule has 1 atom stereocenters. The van der Waals surface area contributed by atoms with Crippen LogP contribution in [0.25, 0.3) is 0 Å². The molecule has 78 valence electrons. The third-order valence-electron chi connectivity index (χ3n) is 1.71. The lowest BCUT2D eigenvalue weighted by molar-refractivity contribution is -0.168. The highest BCUT2D eigenvalue weighted by molar-refractivity contribution is 7.86. The maximum Gasteiger partial charge on any atom is 0.305 e. The van der Waals surface area contributed by atoms with Crippen LogP contribution in [0, 0.1) is 0 Å². The van der Waals surface area contributed by atoms with Gasteiger partial charge in [0.25, 0.3) is 0 Å². The van der Waals surface area contributed by atoms with Gasteiger partial charge in [0, 0.05) is 0 Å². The molecule has 0 bridgehead atoms. The minimum absolute atomic E-state index is 0.121. The van der Waals surface area contributed by atoms with E-state index in [4.69, 9.17) is 9.47 Å². The first-order valence-electron chi connectivity index (χ1n) is 3.96. The summed E-state index contributed by atoms with van der Waals surface area (Å²) in [6.07, 6.45) is -0.678. The molecule has 0 radical (unpaired) electrons. The molecule has 1 unspecified atom stereocenters. The Hall–Kier alpha value is -0.200. The van der Waals surface area contributed by atoms with E-state index in [0.717, 1.165) is 0 Å². The third-order valence-corrected chi connectivity index (χ3v) is 2.48. The Morgan fingerprint density at radius 2 is 2.15 bits per heavy atom. The lowest BCUT2D eigenvalue weighted by Crippen LogP contribution is -2.44. The molecule has 1 aliphatic rings. The van der Waals surface area contributed by atoms with Gasteiger partial charge in [-0.3, -0.25) is 0 Å². The van der Waals surface area contributed by atoms with Gasteiger partial charge in [-0.25, -0.2) is 0 Å². The van der Waals surface area contributed by atoms with Gasteiger partial charge < -0.3 is 9.47 Å². The van der Waals surface area contributed by atoms with E-state index in [2.05, 4.69) is 0 Å². The maximum atomic E-state index is 12.2.